The normalized spacial score (nSPS) is 19.8. The molecule has 0 saturated carbocycles. The number of hydrogen-bond acceptors (Lipinski definition) is 3. The van der Waals surface area contributed by atoms with Crippen molar-refractivity contribution >= 4 is 11.6 Å². The Hall–Kier alpha value is -1.43. The van der Waals surface area contributed by atoms with Crippen molar-refractivity contribution in [2.45, 2.75) is 19.2 Å². The molecule has 0 N–H and O–H groups in total. The molecule has 3 rings (SSSR count). The monoisotopic (exact) mass is 309 g/mol. The van der Waals surface area contributed by atoms with E-state index >= 15 is 0 Å². The molecule has 1 aromatic carbocycles. The molecule has 1 aliphatic heterocycles. The Balaban J connectivity index is 1.62. The fourth-order valence-corrected chi connectivity index (χ4v) is 2.73. The van der Waals surface area contributed by atoms with Crippen LogP contribution >= 0.6 is 11.6 Å². The van der Waals surface area contributed by atoms with Crippen LogP contribution in [-0.4, -0.2) is 40.5 Å². The van der Waals surface area contributed by atoms with Gasteiger partial charge in [-0.15, -0.1) is 0 Å². The summed E-state index contributed by atoms with van der Waals surface area (Å²) in [7, 11) is 0. The highest BCUT2D eigenvalue weighted by Gasteiger charge is 2.21. The summed E-state index contributed by atoms with van der Waals surface area (Å²) in [5.74, 6) is -0.254. The van der Waals surface area contributed by atoms with Crippen molar-refractivity contribution in [3.8, 4) is 0 Å². The minimum atomic E-state index is -0.254. The third kappa shape index (κ3) is 3.81. The molecule has 6 heteroatoms. The average molecular weight is 310 g/mol. The van der Waals surface area contributed by atoms with E-state index in [1.54, 1.807) is 12.3 Å². The van der Waals surface area contributed by atoms with Crippen LogP contribution in [0.4, 0.5) is 4.39 Å². The van der Waals surface area contributed by atoms with E-state index in [4.69, 9.17) is 16.3 Å². The second kappa shape index (κ2) is 6.56. The predicted octanol–water partition coefficient (Wildman–Crippen LogP) is 2.58. The van der Waals surface area contributed by atoms with Crippen LogP contribution in [0.1, 0.15) is 5.56 Å². The average Bonchev–Trinajstić information content (AvgIpc) is 2.96. The second-order valence-corrected chi connectivity index (χ2v) is 5.60. The number of ether oxygens (including phenoxy) is 1. The number of nitrogens with zero attached hydrogens (tertiary/aromatic N) is 3. The van der Waals surface area contributed by atoms with E-state index in [1.165, 1.54) is 12.1 Å². The maximum absolute atomic E-state index is 13.3. The van der Waals surface area contributed by atoms with E-state index in [0.29, 0.717) is 18.2 Å². The molecule has 1 aliphatic rings. The molecular formula is C15H17ClFN3O. The van der Waals surface area contributed by atoms with Gasteiger partial charge in [0.1, 0.15) is 5.82 Å². The molecule has 0 aliphatic carbocycles. The Morgan fingerprint density at radius 3 is 3.14 bits per heavy atom. The van der Waals surface area contributed by atoms with Gasteiger partial charge in [0.05, 0.1) is 19.3 Å². The highest BCUT2D eigenvalue weighted by Crippen LogP contribution is 2.20. The van der Waals surface area contributed by atoms with E-state index in [2.05, 4.69) is 10.00 Å². The standard InChI is InChI=1S/C15H17ClFN3O/c16-15-3-2-13(17)8-12(15)9-19-6-7-21-14(10-19)11-20-5-1-4-18-20/h1-5,8,14H,6-7,9-11H2/t14-/m0/s1. The van der Waals surface area contributed by atoms with E-state index in [0.717, 1.165) is 25.2 Å². The molecule has 1 atom stereocenters. The molecule has 0 amide bonds. The van der Waals surface area contributed by atoms with Crippen LogP contribution in [0, 0.1) is 5.82 Å². The van der Waals surface area contributed by atoms with Crippen molar-refractivity contribution < 1.29 is 9.13 Å². The van der Waals surface area contributed by atoms with Crippen LogP contribution in [0.2, 0.25) is 5.02 Å². The molecule has 0 radical (unpaired) electrons. The summed E-state index contributed by atoms with van der Waals surface area (Å²) in [5.41, 5.74) is 0.816. The Morgan fingerprint density at radius 2 is 2.33 bits per heavy atom. The fraction of sp³-hybridized carbons (Fsp3) is 0.400. The first-order chi connectivity index (χ1) is 10.2. The van der Waals surface area contributed by atoms with Gasteiger partial charge in [-0.05, 0) is 29.8 Å². The molecule has 2 aromatic rings. The second-order valence-electron chi connectivity index (χ2n) is 5.19. The fourth-order valence-electron chi connectivity index (χ4n) is 2.56. The molecule has 112 valence electrons. The van der Waals surface area contributed by atoms with Gasteiger partial charge in [0.25, 0.3) is 0 Å². The smallest absolute Gasteiger partial charge is 0.123 e. The van der Waals surface area contributed by atoms with E-state index in [1.807, 2.05) is 16.9 Å². The Labute approximate surface area is 128 Å². The topological polar surface area (TPSA) is 30.3 Å². The summed E-state index contributed by atoms with van der Waals surface area (Å²) >= 11 is 6.13. The number of hydrogen-bond donors (Lipinski definition) is 0. The summed E-state index contributed by atoms with van der Waals surface area (Å²) < 4.78 is 20.9. The Bertz CT molecular complexity index is 591. The highest BCUT2D eigenvalue weighted by atomic mass is 35.5. The molecule has 1 saturated heterocycles. The molecular weight excluding hydrogens is 293 g/mol. The maximum Gasteiger partial charge on any atom is 0.123 e. The van der Waals surface area contributed by atoms with Gasteiger partial charge in [-0.1, -0.05) is 11.6 Å². The zero-order chi connectivity index (χ0) is 14.7. The van der Waals surface area contributed by atoms with Gasteiger partial charge in [0.2, 0.25) is 0 Å². The molecule has 0 unspecified atom stereocenters. The Morgan fingerprint density at radius 1 is 1.43 bits per heavy atom. The lowest BCUT2D eigenvalue weighted by molar-refractivity contribution is -0.0402. The van der Waals surface area contributed by atoms with Crippen molar-refractivity contribution in [1.29, 1.82) is 0 Å². The van der Waals surface area contributed by atoms with Crippen LogP contribution in [0.25, 0.3) is 0 Å². The van der Waals surface area contributed by atoms with Gasteiger partial charge in [0.15, 0.2) is 0 Å². The summed E-state index contributed by atoms with van der Waals surface area (Å²) in [6, 6.07) is 6.38. The van der Waals surface area contributed by atoms with Crippen molar-refractivity contribution in [2.24, 2.45) is 0 Å². The van der Waals surface area contributed by atoms with Crippen molar-refractivity contribution in [1.82, 2.24) is 14.7 Å². The number of benzene rings is 1. The predicted molar refractivity (Wildman–Crippen MR) is 78.7 cm³/mol. The van der Waals surface area contributed by atoms with Crippen molar-refractivity contribution in [3.63, 3.8) is 0 Å². The van der Waals surface area contributed by atoms with Gasteiger partial charge in [-0.3, -0.25) is 9.58 Å². The number of aromatic nitrogens is 2. The lowest BCUT2D eigenvalue weighted by atomic mass is 10.2. The summed E-state index contributed by atoms with van der Waals surface area (Å²) in [6.07, 6.45) is 3.77. The molecule has 4 nitrogen and oxygen atoms in total. The third-order valence-corrected chi connectivity index (χ3v) is 3.94. The summed E-state index contributed by atoms with van der Waals surface area (Å²) in [4.78, 5) is 2.23. The minimum absolute atomic E-state index is 0.0889. The lowest BCUT2D eigenvalue weighted by Gasteiger charge is -2.33. The van der Waals surface area contributed by atoms with Crippen LogP contribution in [-0.2, 0) is 17.8 Å². The third-order valence-electron chi connectivity index (χ3n) is 3.57. The molecule has 21 heavy (non-hydrogen) atoms. The van der Waals surface area contributed by atoms with Crippen LogP contribution in [0.3, 0.4) is 0 Å². The largest absolute Gasteiger partial charge is 0.374 e. The molecule has 2 heterocycles. The van der Waals surface area contributed by atoms with Gasteiger partial charge in [-0.2, -0.15) is 5.10 Å². The highest BCUT2D eigenvalue weighted by molar-refractivity contribution is 6.31. The van der Waals surface area contributed by atoms with E-state index < -0.39 is 0 Å². The van der Waals surface area contributed by atoms with Crippen molar-refractivity contribution in [3.05, 3.63) is 53.1 Å². The van der Waals surface area contributed by atoms with Gasteiger partial charge < -0.3 is 4.74 Å². The first kappa shape index (κ1) is 14.5. The minimum Gasteiger partial charge on any atom is -0.374 e. The molecule has 1 aromatic heterocycles. The molecule has 0 spiro atoms. The van der Waals surface area contributed by atoms with E-state index in [9.17, 15) is 4.39 Å². The lowest BCUT2D eigenvalue weighted by Crippen LogP contribution is -2.43. The first-order valence-electron chi connectivity index (χ1n) is 6.96. The van der Waals surface area contributed by atoms with Gasteiger partial charge in [0, 0.05) is 37.1 Å². The van der Waals surface area contributed by atoms with Crippen LogP contribution in [0.5, 0.6) is 0 Å². The zero-order valence-electron chi connectivity index (χ0n) is 11.6. The number of rotatable bonds is 4. The maximum atomic E-state index is 13.3. The first-order valence-corrected chi connectivity index (χ1v) is 7.34. The van der Waals surface area contributed by atoms with Gasteiger partial charge in [-0.25, -0.2) is 4.39 Å². The van der Waals surface area contributed by atoms with Crippen LogP contribution in [0.15, 0.2) is 36.7 Å². The zero-order valence-corrected chi connectivity index (χ0v) is 12.3. The summed E-state index contributed by atoms with van der Waals surface area (Å²) in [6.45, 7) is 3.63. The molecule has 1 fully saturated rings. The quantitative estimate of drug-likeness (QED) is 0.869. The summed E-state index contributed by atoms with van der Waals surface area (Å²) in [5, 5.41) is 4.80. The van der Waals surface area contributed by atoms with Crippen LogP contribution < -0.4 is 0 Å². The Kier molecular flexibility index (Phi) is 4.53. The number of morpholine rings is 1. The van der Waals surface area contributed by atoms with E-state index in [-0.39, 0.29) is 11.9 Å². The SMILES string of the molecule is Fc1ccc(Cl)c(CN2CCO[C@H](Cn3cccn3)C2)c1. The van der Waals surface area contributed by atoms with Gasteiger partial charge >= 0.3 is 0 Å². The van der Waals surface area contributed by atoms with Crippen molar-refractivity contribution in [2.75, 3.05) is 19.7 Å². The number of halogens is 2. The molecule has 0 bridgehead atoms.